The van der Waals surface area contributed by atoms with E-state index in [0.29, 0.717) is 0 Å². The molecule has 94 valence electrons. The van der Waals surface area contributed by atoms with E-state index in [4.69, 9.17) is 0 Å². The van der Waals surface area contributed by atoms with Crippen LogP contribution >= 0.6 is 0 Å². The van der Waals surface area contributed by atoms with Crippen LogP contribution < -0.4 is 5.32 Å². The van der Waals surface area contributed by atoms with Gasteiger partial charge < -0.3 is 5.32 Å². The molecule has 2 rings (SSSR count). The SMILES string of the molecule is CC(NCCc1ccccc1)c1cccc(F)c1. The van der Waals surface area contributed by atoms with Gasteiger partial charge in [0.2, 0.25) is 0 Å². The normalized spacial score (nSPS) is 12.3. The Hall–Kier alpha value is -1.67. The van der Waals surface area contributed by atoms with Crippen LogP contribution in [0, 0.1) is 5.82 Å². The Morgan fingerprint density at radius 1 is 1.06 bits per heavy atom. The highest BCUT2D eigenvalue weighted by atomic mass is 19.1. The monoisotopic (exact) mass is 243 g/mol. The van der Waals surface area contributed by atoms with Gasteiger partial charge >= 0.3 is 0 Å². The second-order valence-corrected chi connectivity index (χ2v) is 4.47. The lowest BCUT2D eigenvalue weighted by Gasteiger charge is -2.14. The predicted molar refractivity (Wildman–Crippen MR) is 73.0 cm³/mol. The lowest BCUT2D eigenvalue weighted by atomic mass is 10.1. The van der Waals surface area contributed by atoms with E-state index in [9.17, 15) is 4.39 Å². The molecule has 0 bridgehead atoms. The van der Waals surface area contributed by atoms with Crippen molar-refractivity contribution < 1.29 is 4.39 Å². The molecule has 0 fully saturated rings. The number of benzene rings is 2. The molecule has 1 atom stereocenters. The Labute approximate surface area is 108 Å². The van der Waals surface area contributed by atoms with Gasteiger partial charge in [0.15, 0.2) is 0 Å². The molecule has 0 aliphatic heterocycles. The van der Waals surface area contributed by atoms with Crippen LogP contribution in [0.4, 0.5) is 4.39 Å². The lowest BCUT2D eigenvalue weighted by Crippen LogP contribution is -2.21. The van der Waals surface area contributed by atoms with Gasteiger partial charge in [0.05, 0.1) is 0 Å². The van der Waals surface area contributed by atoms with Crippen LogP contribution in [0.1, 0.15) is 24.1 Å². The molecular formula is C16H18FN. The number of hydrogen-bond donors (Lipinski definition) is 1. The first-order valence-corrected chi connectivity index (χ1v) is 6.28. The van der Waals surface area contributed by atoms with E-state index in [1.807, 2.05) is 24.3 Å². The fourth-order valence-corrected chi connectivity index (χ4v) is 1.97. The molecule has 2 aromatic rings. The van der Waals surface area contributed by atoms with Gasteiger partial charge in [-0.3, -0.25) is 0 Å². The molecule has 0 radical (unpaired) electrons. The van der Waals surface area contributed by atoms with E-state index in [0.717, 1.165) is 18.5 Å². The molecule has 1 nitrogen and oxygen atoms in total. The Bertz CT molecular complexity index is 481. The maximum absolute atomic E-state index is 13.1. The van der Waals surface area contributed by atoms with Gasteiger partial charge in [0, 0.05) is 6.04 Å². The molecule has 0 aliphatic carbocycles. The van der Waals surface area contributed by atoms with Crippen molar-refractivity contribution in [2.24, 2.45) is 0 Å². The van der Waals surface area contributed by atoms with Crippen molar-refractivity contribution in [2.45, 2.75) is 19.4 Å². The highest BCUT2D eigenvalue weighted by Gasteiger charge is 2.04. The first kappa shape index (κ1) is 12.8. The van der Waals surface area contributed by atoms with Crippen LogP contribution in [0.3, 0.4) is 0 Å². The van der Waals surface area contributed by atoms with Crippen LogP contribution in [-0.2, 0) is 6.42 Å². The van der Waals surface area contributed by atoms with Crippen molar-refractivity contribution in [3.63, 3.8) is 0 Å². The summed E-state index contributed by atoms with van der Waals surface area (Å²) in [6, 6.07) is 17.3. The topological polar surface area (TPSA) is 12.0 Å². The Morgan fingerprint density at radius 3 is 2.56 bits per heavy atom. The second kappa shape index (κ2) is 6.31. The van der Waals surface area contributed by atoms with Crippen LogP contribution in [0.25, 0.3) is 0 Å². The third-order valence-corrected chi connectivity index (χ3v) is 3.06. The maximum atomic E-state index is 13.1. The lowest BCUT2D eigenvalue weighted by molar-refractivity contribution is 0.567. The quantitative estimate of drug-likeness (QED) is 0.844. The molecule has 1 N–H and O–H groups in total. The van der Waals surface area contributed by atoms with E-state index < -0.39 is 0 Å². The molecule has 0 aliphatic rings. The fraction of sp³-hybridized carbons (Fsp3) is 0.250. The highest BCUT2D eigenvalue weighted by molar-refractivity contribution is 5.20. The van der Waals surface area contributed by atoms with Crippen molar-refractivity contribution in [1.29, 1.82) is 0 Å². The molecule has 0 heterocycles. The average molecular weight is 243 g/mol. The number of hydrogen-bond acceptors (Lipinski definition) is 1. The third-order valence-electron chi connectivity index (χ3n) is 3.06. The van der Waals surface area contributed by atoms with Gasteiger partial charge in [-0.1, -0.05) is 42.5 Å². The van der Waals surface area contributed by atoms with Crippen molar-refractivity contribution >= 4 is 0 Å². The summed E-state index contributed by atoms with van der Waals surface area (Å²) < 4.78 is 13.1. The molecule has 0 amide bonds. The summed E-state index contributed by atoms with van der Waals surface area (Å²) in [5.74, 6) is -0.177. The molecule has 1 unspecified atom stereocenters. The summed E-state index contributed by atoms with van der Waals surface area (Å²) in [6.07, 6.45) is 0.987. The van der Waals surface area contributed by atoms with E-state index in [1.165, 1.54) is 11.6 Å². The maximum Gasteiger partial charge on any atom is 0.123 e. The zero-order valence-electron chi connectivity index (χ0n) is 10.6. The second-order valence-electron chi connectivity index (χ2n) is 4.47. The summed E-state index contributed by atoms with van der Waals surface area (Å²) in [5, 5.41) is 3.41. The molecule has 0 saturated carbocycles. The smallest absolute Gasteiger partial charge is 0.123 e. The Balaban J connectivity index is 1.83. The molecular weight excluding hydrogens is 225 g/mol. The van der Waals surface area contributed by atoms with Crippen molar-refractivity contribution in [2.75, 3.05) is 6.54 Å². The first-order chi connectivity index (χ1) is 8.75. The molecule has 2 aromatic carbocycles. The van der Waals surface area contributed by atoms with Gasteiger partial charge in [0.1, 0.15) is 5.82 Å². The zero-order valence-corrected chi connectivity index (χ0v) is 10.6. The zero-order chi connectivity index (χ0) is 12.8. The minimum absolute atomic E-state index is 0.171. The number of halogens is 1. The van der Waals surface area contributed by atoms with Crippen LogP contribution in [0.15, 0.2) is 54.6 Å². The number of rotatable bonds is 5. The average Bonchev–Trinajstić information content (AvgIpc) is 2.40. The van der Waals surface area contributed by atoms with Crippen LogP contribution in [0.5, 0.6) is 0 Å². The standard InChI is InChI=1S/C16H18FN/c1-13(15-8-5-9-16(17)12-15)18-11-10-14-6-3-2-4-7-14/h2-9,12-13,18H,10-11H2,1H3. The highest BCUT2D eigenvalue weighted by Crippen LogP contribution is 2.13. The number of nitrogens with one attached hydrogen (secondary N) is 1. The van der Waals surface area contributed by atoms with Gasteiger partial charge in [-0.05, 0) is 43.1 Å². The molecule has 0 spiro atoms. The van der Waals surface area contributed by atoms with E-state index in [1.54, 1.807) is 12.1 Å². The molecule has 0 aromatic heterocycles. The van der Waals surface area contributed by atoms with Gasteiger partial charge in [-0.25, -0.2) is 4.39 Å². The molecule has 18 heavy (non-hydrogen) atoms. The summed E-state index contributed by atoms with van der Waals surface area (Å²) in [5.41, 5.74) is 2.31. The summed E-state index contributed by atoms with van der Waals surface area (Å²) in [6.45, 7) is 2.95. The largest absolute Gasteiger partial charge is 0.310 e. The van der Waals surface area contributed by atoms with Crippen molar-refractivity contribution in [1.82, 2.24) is 5.32 Å². The van der Waals surface area contributed by atoms with Crippen molar-refractivity contribution in [3.8, 4) is 0 Å². The van der Waals surface area contributed by atoms with E-state index >= 15 is 0 Å². The van der Waals surface area contributed by atoms with E-state index in [2.05, 4.69) is 24.4 Å². The summed E-state index contributed by atoms with van der Waals surface area (Å²) >= 11 is 0. The summed E-state index contributed by atoms with van der Waals surface area (Å²) in [7, 11) is 0. The van der Waals surface area contributed by atoms with Gasteiger partial charge in [0.25, 0.3) is 0 Å². The third kappa shape index (κ3) is 3.67. The van der Waals surface area contributed by atoms with Gasteiger partial charge in [-0.15, -0.1) is 0 Å². The molecule has 2 heteroatoms. The minimum Gasteiger partial charge on any atom is -0.310 e. The Kier molecular flexibility index (Phi) is 4.48. The molecule has 0 saturated heterocycles. The van der Waals surface area contributed by atoms with E-state index in [-0.39, 0.29) is 11.9 Å². The van der Waals surface area contributed by atoms with Crippen LogP contribution in [-0.4, -0.2) is 6.54 Å². The minimum atomic E-state index is -0.177. The van der Waals surface area contributed by atoms with Gasteiger partial charge in [-0.2, -0.15) is 0 Å². The first-order valence-electron chi connectivity index (χ1n) is 6.28. The van der Waals surface area contributed by atoms with Crippen molar-refractivity contribution in [3.05, 3.63) is 71.5 Å². The summed E-state index contributed by atoms with van der Waals surface area (Å²) in [4.78, 5) is 0. The fourth-order valence-electron chi connectivity index (χ4n) is 1.97. The Morgan fingerprint density at radius 2 is 1.83 bits per heavy atom. The predicted octanol–water partition coefficient (Wildman–Crippen LogP) is 3.72. The van der Waals surface area contributed by atoms with Crippen LogP contribution in [0.2, 0.25) is 0 Å².